The maximum absolute atomic E-state index is 13.5. The van der Waals surface area contributed by atoms with Crippen LogP contribution in [0, 0.1) is 5.82 Å². The molecule has 0 bridgehead atoms. The molecule has 3 rings (SSSR count). The Labute approximate surface area is 138 Å². The van der Waals surface area contributed by atoms with Crippen LogP contribution >= 0.6 is 0 Å². The molecule has 0 fully saturated rings. The number of hydrogen-bond donors (Lipinski definition) is 0. The molecule has 0 saturated carbocycles. The average molecular weight is 326 g/mol. The molecule has 0 amide bonds. The van der Waals surface area contributed by atoms with Crippen molar-refractivity contribution in [2.24, 2.45) is 0 Å². The van der Waals surface area contributed by atoms with E-state index < -0.39 is 11.8 Å². The van der Waals surface area contributed by atoms with Gasteiger partial charge in [0.2, 0.25) is 5.82 Å². The zero-order valence-electron chi connectivity index (χ0n) is 13.0. The Balaban J connectivity index is 1.66. The Hall–Kier alpha value is -3.02. The molecule has 6 heteroatoms. The van der Waals surface area contributed by atoms with Crippen molar-refractivity contribution in [3.8, 4) is 11.4 Å². The van der Waals surface area contributed by atoms with Crippen molar-refractivity contribution in [3.63, 3.8) is 0 Å². The quantitative estimate of drug-likeness (QED) is 0.667. The number of aromatic nitrogens is 2. The first-order valence-electron chi connectivity index (χ1n) is 7.51. The molecule has 1 heterocycles. The fourth-order valence-corrected chi connectivity index (χ4v) is 2.15. The summed E-state index contributed by atoms with van der Waals surface area (Å²) < 4.78 is 23.6. The highest BCUT2D eigenvalue weighted by Crippen LogP contribution is 2.17. The minimum atomic E-state index is -0.778. The average Bonchev–Trinajstić information content (AvgIpc) is 3.09. The lowest BCUT2D eigenvalue weighted by Crippen LogP contribution is -2.07. The van der Waals surface area contributed by atoms with Crippen LogP contribution in [0.1, 0.15) is 28.7 Å². The first-order chi connectivity index (χ1) is 11.7. The van der Waals surface area contributed by atoms with E-state index in [0.717, 1.165) is 12.0 Å². The molecule has 1 aromatic heterocycles. The van der Waals surface area contributed by atoms with Crippen molar-refractivity contribution in [2.45, 2.75) is 20.0 Å². The van der Waals surface area contributed by atoms with E-state index in [0.29, 0.717) is 5.82 Å². The summed E-state index contributed by atoms with van der Waals surface area (Å²) in [6.45, 7) is 1.86. The molecule has 24 heavy (non-hydrogen) atoms. The van der Waals surface area contributed by atoms with Crippen LogP contribution in [0.5, 0.6) is 0 Å². The number of carbonyl (C=O) groups excluding carboxylic acids is 1. The van der Waals surface area contributed by atoms with E-state index in [1.54, 1.807) is 6.07 Å². The van der Waals surface area contributed by atoms with Gasteiger partial charge in [-0.05, 0) is 24.1 Å². The monoisotopic (exact) mass is 326 g/mol. The Morgan fingerprint density at radius 2 is 1.92 bits per heavy atom. The second kappa shape index (κ2) is 7.04. The van der Waals surface area contributed by atoms with Gasteiger partial charge in [-0.15, -0.1) is 0 Å². The Bertz CT molecular complexity index is 843. The summed E-state index contributed by atoms with van der Waals surface area (Å²) in [4.78, 5) is 16.0. The van der Waals surface area contributed by atoms with E-state index >= 15 is 0 Å². The van der Waals surface area contributed by atoms with Crippen LogP contribution in [0.15, 0.2) is 53.1 Å². The van der Waals surface area contributed by atoms with Crippen LogP contribution < -0.4 is 0 Å². The number of rotatable bonds is 5. The summed E-state index contributed by atoms with van der Waals surface area (Å²) in [6, 6.07) is 13.4. The Kier molecular flexibility index (Phi) is 4.65. The van der Waals surface area contributed by atoms with Crippen LogP contribution in [0.25, 0.3) is 11.4 Å². The SMILES string of the molecule is CCc1ccc(-c2noc(COC(=O)c3ccccc3F)n2)cc1. The van der Waals surface area contributed by atoms with E-state index in [9.17, 15) is 9.18 Å². The van der Waals surface area contributed by atoms with Gasteiger partial charge in [-0.1, -0.05) is 48.5 Å². The number of carbonyl (C=O) groups is 1. The molecule has 0 spiro atoms. The minimum Gasteiger partial charge on any atom is -0.452 e. The zero-order chi connectivity index (χ0) is 16.9. The molecule has 3 aromatic rings. The fraction of sp³-hybridized carbons (Fsp3) is 0.167. The topological polar surface area (TPSA) is 65.2 Å². The summed E-state index contributed by atoms with van der Waals surface area (Å²) in [6.07, 6.45) is 0.948. The largest absolute Gasteiger partial charge is 0.452 e. The predicted molar refractivity (Wildman–Crippen MR) is 84.6 cm³/mol. The summed E-state index contributed by atoms with van der Waals surface area (Å²) >= 11 is 0. The molecule has 5 nitrogen and oxygen atoms in total. The number of halogens is 1. The highest BCUT2D eigenvalue weighted by atomic mass is 19.1. The Morgan fingerprint density at radius 1 is 1.17 bits per heavy atom. The third kappa shape index (κ3) is 3.48. The maximum Gasteiger partial charge on any atom is 0.341 e. The van der Waals surface area contributed by atoms with E-state index in [1.165, 1.54) is 23.8 Å². The fourth-order valence-electron chi connectivity index (χ4n) is 2.15. The van der Waals surface area contributed by atoms with Crippen molar-refractivity contribution in [1.29, 1.82) is 0 Å². The third-order valence-corrected chi connectivity index (χ3v) is 3.51. The number of ether oxygens (including phenoxy) is 1. The van der Waals surface area contributed by atoms with Crippen molar-refractivity contribution in [3.05, 3.63) is 71.4 Å². The molecular weight excluding hydrogens is 311 g/mol. The molecular formula is C18H15FN2O3. The van der Waals surface area contributed by atoms with Gasteiger partial charge in [0.25, 0.3) is 5.89 Å². The van der Waals surface area contributed by atoms with E-state index in [-0.39, 0.29) is 18.1 Å². The van der Waals surface area contributed by atoms with E-state index in [4.69, 9.17) is 9.26 Å². The standard InChI is InChI=1S/C18H15FN2O3/c1-2-12-7-9-13(10-8-12)17-20-16(24-21-17)11-23-18(22)14-5-3-4-6-15(14)19/h3-10H,2,11H2,1H3. The second-order valence-corrected chi connectivity index (χ2v) is 5.12. The van der Waals surface area contributed by atoms with Gasteiger partial charge in [-0.25, -0.2) is 9.18 Å². The summed E-state index contributed by atoms with van der Waals surface area (Å²) in [5.41, 5.74) is 1.89. The van der Waals surface area contributed by atoms with Crippen LogP contribution in [0.4, 0.5) is 4.39 Å². The van der Waals surface area contributed by atoms with Gasteiger partial charge in [-0.2, -0.15) is 4.98 Å². The molecule has 0 atom stereocenters. The molecule has 0 saturated heterocycles. The van der Waals surface area contributed by atoms with Gasteiger partial charge in [0.1, 0.15) is 5.82 Å². The second-order valence-electron chi connectivity index (χ2n) is 5.12. The Morgan fingerprint density at radius 3 is 2.62 bits per heavy atom. The molecule has 0 N–H and O–H groups in total. The third-order valence-electron chi connectivity index (χ3n) is 3.51. The van der Waals surface area contributed by atoms with Crippen molar-refractivity contribution in [2.75, 3.05) is 0 Å². The predicted octanol–water partition coefficient (Wildman–Crippen LogP) is 3.80. The first kappa shape index (κ1) is 15.9. The normalized spacial score (nSPS) is 10.6. The van der Waals surface area contributed by atoms with Crippen molar-refractivity contribution < 1.29 is 18.4 Å². The number of hydrogen-bond acceptors (Lipinski definition) is 5. The van der Waals surface area contributed by atoms with Gasteiger partial charge >= 0.3 is 5.97 Å². The van der Waals surface area contributed by atoms with E-state index in [2.05, 4.69) is 17.1 Å². The van der Waals surface area contributed by atoms with Crippen LogP contribution in [0.3, 0.4) is 0 Å². The smallest absolute Gasteiger partial charge is 0.341 e. The summed E-state index contributed by atoms with van der Waals surface area (Å²) in [7, 11) is 0. The van der Waals surface area contributed by atoms with Gasteiger partial charge < -0.3 is 9.26 Å². The zero-order valence-corrected chi connectivity index (χ0v) is 13.0. The molecule has 0 aliphatic heterocycles. The number of benzene rings is 2. The van der Waals surface area contributed by atoms with Gasteiger partial charge in [0.05, 0.1) is 5.56 Å². The van der Waals surface area contributed by atoms with Crippen LogP contribution in [-0.2, 0) is 17.8 Å². The summed E-state index contributed by atoms with van der Waals surface area (Å²) in [5.74, 6) is -0.853. The van der Waals surface area contributed by atoms with Gasteiger partial charge in [0.15, 0.2) is 6.61 Å². The number of aryl methyl sites for hydroxylation is 1. The lowest BCUT2D eigenvalue weighted by molar-refractivity contribution is 0.0424. The van der Waals surface area contributed by atoms with Gasteiger partial charge in [-0.3, -0.25) is 0 Å². The summed E-state index contributed by atoms with van der Waals surface area (Å²) in [5, 5.41) is 3.86. The molecule has 0 aliphatic carbocycles. The van der Waals surface area contributed by atoms with Crippen LogP contribution in [0.2, 0.25) is 0 Å². The molecule has 0 unspecified atom stereocenters. The number of nitrogens with zero attached hydrogens (tertiary/aromatic N) is 2. The van der Waals surface area contributed by atoms with Crippen molar-refractivity contribution >= 4 is 5.97 Å². The molecule has 2 aromatic carbocycles. The van der Waals surface area contributed by atoms with Crippen molar-refractivity contribution in [1.82, 2.24) is 10.1 Å². The molecule has 122 valence electrons. The highest BCUT2D eigenvalue weighted by Gasteiger charge is 2.15. The van der Waals surface area contributed by atoms with E-state index in [1.807, 2.05) is 24.3 Å². The minimum absolute atomic E-state index is 0.132. The number of esters is 1. The highest BCUT2D eigenvalue weighted by molar-refractivity contribution is 5.89. The lowest BCUT2D eigenvalue weighted by Gasteiger charge is -2.02. The van der Waals surface area contributed by atoms with Crippen LogP contribution in [-0.4, -0.2) is 16.1 Å². The lowest BCUT2D eigenvalue weighted by atomic mass is 10.1. The maximum atomic E-state index is 13.5. The molecule has 0 radical (unpaired) electrons. The van der Waals surface area contributed by atoms with Gasteiger partial charge in [0, 0.05) is 5.56 Å². The molecule has 0 aliphatic rings. The first-order valence-corrected chi connectivity index (χ1v) is 7.51.